The molecule has 0 fully saturated rings. The minimum Gasteiger partial charge on any atom is -0.451 e. The maximum Gasteiger partial charge on any atom is 0.198 e. The molecule has 0 saturated heterocycles. The molecule has 5 heteroatoms. The van der Waals surface area contributed by atoms with E-state index in [-0.39, 0.29) is 5.56 Å². The molecule has 0 N–H and O–H groups in total. The Morgan fingerprint density at radius 2 is 1.78 bits per heavy atom. The number of halogens is 3. The van der Waals surface area contributed by atoms with E-state index in [1.165, 1.54) is 0 Å². The highest BCUT2D eigenvalue weighted by Gasteiger charge is 2.13. The lowest BCUT2D eigenvalue weighted by Crippen LogP contribution is -1.95. The Labute approximate surface area is 116 Å². The molecule has 0 aliphatic rings. The van der Waals surface area contributed by atoms with Crippen molar-refractivity contribution in [3.8, 4) is 11.5 Å². The monoisotopic (exact) mass is 360 g/mol. The van der Waals surface area contributed by atoms with Crippen molar-refractivity contribution < 1.29 is 18.3 Å². The number of rotatable bonds is 3. The topological polar surface area (TPSA) is 26.3 Å². The fourth-order valence-corrected chi connectivity index (χ4v) is 1.91. The SMILES string of the molecule is O=Cc1cc(F)c(Oc2cccc(I)c2)c(F)c1. The van der Waals surface area contributed by atoms with E-state index in [4.69, 9.17) is 4.74 Å². The van der Waals surface area contributed by atoms with Crippen LogP contribution in [0.5, 0.6) is 11.5 Å². The smallest absolute Gasteiger partial charge is 0.198 e. The first-order chi connectivity index (χ1) is 8.60. The van der Waals surface area contributed by atoms with Gasteiger partial charge in [-0.15, -0.1) is 0 Å². The van der Waals surface area contributed by atoms with Crippen LogP contribution in [0.2, 0.25) is 0 Å². The number of hydrogen-bond acceptors (Lipinski definition) is 2. The Balaban J connectivity index is 2.37. The lowest BCUT2D eigenvalue weighted by molar-refractivity contribution is 0.112. The van der Waals surface area contributed by atoms with Crippen LogP contribution >= 0.6 is 22.6 Å². The van der Waals surface area contributed by atoms with E-state index in [2.05, 4.69) is 22.6 Å². The Kier molecular flexibility index (Phi) is 3.90. The van der Waals surface area contributed by atoms with Gasteiger partial charge in [0.1, 0.15) is 12.0 Å². The summed E-state index contributed by atoms with van der Waals surface area (Å²) in [5, 5.41) is 0. The van der Waals surface area contributed by atoms with Crippen molar-refractivity contribution in [2.24, 2.45) is 0 Å². The molecule has 2 aromatic carbocycles. The van der Waals surface area contributed by atoms with Crippen molar-refractivity contribution in [1.29, 1.82) is 0 Å². The maximum absolute atomic E-state index is 13.6. The molecular formula is C13H7F2IO2. The van der Waals surface area contributed by atoms with Gasteiger partial charge in [0, 0.05) is 9.13 Å². The van der Waals surface area contributed by atoms with E-state index in [1.54, 1.807) is 18.2 Å². The van der Waals surface area contributed by atoms with Gasteiger partial charge in [0.15, 0.2) is 17.4 Å². The van der Waals surface area contributed by atoms with Gasteiger partial charge in [0.25, 0.3) is 0 Å². The lowest BCUT2D eigenvalue weighted by Gasteiger charge is -2.08. The van der Waals surface area contributed by atoms with Crippen LogP contribution in [-0.2, 0) is 0 Å². The first-order valence-corrected chi connectivity index (χ1v) is 6.05. The van der Waals surface area contributed by atoms with Gasteiger partial charge in [-0.05, 0) is 52.9 Å². The third-order valence-electron chi connectivity index (χ3n) is 2.17. The fraction of sp³-hybridized carbons (Fsp3) is 0. The number of benzene rings is 2. The molecule has 92 valence electrons. The summed E-state index contributed by atoms with van der Waals surface area (Å²) in [5.41, 5.74) is -0.0695. The van der Waals surface area contributed by atoms with Crippen LogP contribution in [0.15, 0.2) is 36.4 Å². The predicted molar refractivity (Wildman–Crippen MR) is 71.0 cm³/mol. The summed E-state index contributed by atoms with van der Waals surface area (Å²) in [7, 11) is 0. The second-order valence-corrected chi connectivity index (χ2v) is 4.74. The molecule has 0 spiro atoms. The summed E-state index contributed by atoms with van der Waals surface area (Å²) >= 11 is 2.06. The molecule has 2 rings (SSSR count). The van der Waals surface area contributed by atoms with Crippen molar-refractivity contribution in [2.75, 3.05) is 0 Å². The number of carbonyl (C=O) groups excluding carboxylic acids is 1. The Morgan fingerprint density at radius 1 is 1.11 bits per heavy atom. The minimum absolute atomic E-state index is 0.0695. The summed E-state index contributed by atoms with van der Waals surface area (Å²) in [5.74, 6) is -1.99. The van der Waals surface area contributed by atoms with E-state index < -0.39 is 17.4 Å². The highest BCUT2D eigenvalue weighted by molar-refractivity contribution is 14.1. The largest absolute Gasteiger partial charge is 0.451 e. The zero-order valence-corrected chi connectivity index (χ0v) is 11.1. The third kappa shape index (κ3) is 2.84. The van der Waals surface area contributed by atoms with Crippen molar-refractivity contribution in [1.82, 2.24) is 0 Å². The number of ether oxygens (including phenoxy) is 1. The fourth-order valence-electron chi connectivity index (χ4n) is 1.39. The Hall–Kier alpha value is -1.50. The third-order valence-corrected chi connectivity index (χ3v) is 2.84. The van der Waals surface area contributed by atoms with Crippen LogP contribution < -0.4 is 4.74 Å². The summed E-state index contributed by atoms with van der Waals surface area (Å²) in [6.07, 6.45) is 0.376. The standard InChI is InChI=1S/C13H7F2IO2/c14-11-4-8(7-17)5-12(15)13(11)18-10-3-1-2-9(16)6-10/h1-7H. The van der Waals surface area contributed by atoms with E-state index in [9.17, 15) is 13.6 Å². The zero-order valence-electron chi connectivity index (χ0n) is 8.99. The number of aldehydes is 1. The molecule has 2 nitrogen and oxygen atoms in total. The first kappa shape index (κ1) is 12.9. The molecule has 0 aromatic heterocycles. The molecule has 0 saturated carbocycles. The van der Waals surface area contributed by atoms with Crippen LogP contribution in [0.25, 0.3) is 0 Å². The van der Waals surface area contributed by atoms with Crippen molar-refractivity contribution >= 4 is 28.9 Å². The number of hydrogen-bond donors (Lipinski definition) is 0. The summed E-state index contributed by atoms with van der Waals surface area (Å²) in [6, 6.07) is 8.64. The maximum atomic E-state index is 13.6. The molecule has 0 unspecified atom stereocenters. The summed E-state index contributed by atoms with van der Waals surface area (Å²) < 4.78 is 33.2. The van der Waals surface area contributed by atoms with Crippen LogP contribution in [-0.4, -0.2) is 6.29 Å². The summed E-state index contributed by atoms with van der Waals surface area (Å²) in [4.78, 5) is 10.5. The molecule has 0 radical (unpaired) electrons. The lowest BCUT2D eigenvalue weighted by atomic mass is 10.2. The molecule has 2 aromatic rings. The Bertz CT molecular complexity index is 576. The zero-order chi connectivity index (χ0) is 13.1. The van der Waals surface area contributed by atoms with Gasteiger partial charge >= 0.3 is 0 Å². The van der Waals surface area contributed by atoms with Gasteiger partial charge in [-0.2, -0.15) is 0 Å². The van der Waals surface area contributed by atoms with Crippen molar-refractivity contribution in [2.45, 2.75) is 0 Å². The van der Waals surface area contributed by atoms with E-state index >= 15 is 0 Å². The van der Waals surface area contributed by atoms with Crippen molar-refractivity contribution in [3.05, 3.63) is 57.2 Å². The molecule has 0 aliphatic heterocycles. The molecule has 0 amide bonds. The second-order valence-electron chi connectivity index (χ2n) is 3.49. The van der Waals surface area contributed by atoms with Gasteiger partial charge in [0.05, 0.1) is 0 Å². The predicted octanol–water partition coefficient (Wildman–Crippen LogP) is 4.17. The molecule has 0 aliphatic carbocycles. The first-order valence-electron chi connectivity index (χ1n) is 4.98. The summed E-state index contributed by atoms with van der Waals surface area (Å²) in [6.45, 7) is 0. The highest BCUT2D eigenvalue weighted by atomic mass is 127. The van der Waals surface area contributed by atoms with E-state index in [0.29, 0.717) is 12.0 Å². The van der Waals surface area contributed by atoms with Gasteiger partial charge < -0.3 is 4.74 Å². The van der Waals surface area contributed by atoms with Crippen LogP contribution in [0.1, 0.15) is 10.4 Å². The molecular weight excluding hydrogens is 353 g/mol. The second kappa shape index (κ2) is 5.43. The van der Waals surface area contributed by atoms with Gasteiger partial charge in [-0.25, -0.2) is 8.78 Å². The molecule has 0 atom stereocenters. The number of carbonyl (C=O) groups is 1. The molecule has 0 bridgehead atoms. The molecule has 18 heavy (non-hydrogen) atoms. The van der Waals surface area contributed by atoms with Crippen molar-refractivity contribution in [3.63, 3.8) is 0 Å². The molecule has 0 heterocycles. The van der Waals surface area contributed by atoms with Gasteiger partial charge in [-0.1, -0.05) is 6.07 Å². The quantitative estimate of drug-likeness (QED) is 0.607. The van der Waals surface area contributed by atoms with Crippen LogP contribution in [0.4, 0.5) is 8.78 Å². The Morgan fingerprint density at radius 3 is 2.33 bits per heavy atom. The van der Waals surface area contributed by atoms with E-state index in [0.717, 1.165) is 15.7 Å². The normalized spacial score (nSPS) is 10.2. The van der Waals surface area contributed by atoms with Crippen LogP contribution in [0.3, 0.4) is 0 Å². The average Bonchev–Trinajstić information content (AvgIpc) is 2.33. The van der Waals surface area contributed by atoms with Crippen LogP contribution in [0, 0.1) is 15.2 Å². The van der Waals surface area contributed by atoms with Gasteiger partial charge in [-0.3, -0.25) is 4.79 Å². The minimum atomic E-state index is -0.907. The van der Waals surface area contributed by atoms with Gasteiger partial charge in [0.2, 0.25) is 0 Å². The van der Waals surface area contributed by atoms with E-state index in [1.807, 2.05) is 6.07 Å². The highest BCUT2D eigenvalue weighted by Crippen LogP contribution is 2.28. The average molecular weight is 360 g/mol.